The van der Waals surface area contributed by atoms with Crippen LogP contribution < -0.4 is 0 Å². The zero-order valence-corrected chi connectivity index (χ0v) is 10.4. The van der Waals surface area contributed by atoms with E-state index in [4.69, 9.17) is 21.4 Å². The van der Waals surface area contributed by atoms with Gasteiger partial charge < -0.3 is 9.84 Å². The predicted octanol–water partition coefficient (Wildman–Crippen LogP) is 1.94. The molecule has 0 aromatic heterocycles. The Morgan fingerprint density at radius 3 is 3.06 bits per heavy atom. The Labute approximate surface area is 109 Å². The monoisotopic (exact) mass is 273 g/mol. The van der Waals surface area contributed by atoms with Gasteiger partial charge in [-0.15, -0.1) is 0 Å². The van der Waals surface area contributed by atoms with Gasteiger partial charge in [-0.2, -0.15) is 0 Å². The summed E-state index contributed by atoms with van der Waals surface area (Å²) in [5.74, 6) is -1.34. The summed E-state index contributed by atoms with van der Waals surface area (Å²) in [6, 6.07) is 4.42. The van der Waals surface area contributed by atoms with Gasteiger partial charge in [-0.1, -0.05) is 17.7 Å². The molecular formula is C12H13ClFNO3. The number of carbonyl (C=O) groups is 1. The minimum atomic E-state index is -0.868. The number of ether oxygens (including phenoxy) is 1. The van der Waals surface area contributed by atoms with E-state index < -0.39 is 11.8 Å². The summed E-state index contributed by atoms with van der Waals surface area (Å²) in [6.07, 6.45) is -0.267. The first-order valence-corrected chi connectivity index (χ1v) is 5.95. The highest BCUT2D eigenvalue weighted by molar-refractivity contribution is 6.30. The topological polar surface area (TPSA) is 49.8 Å². The molecule has 0 aliphatic carbocycles. The van der Waals surface area contributed by atoms with Gasteiger partial charge >= 0.3 is 5.97 Å². The van der Waals surface area contributed by atoms with Crippen LogP contribution in [-0.2, 0) is 9.53 Å². The molecule has 0 bridgehead atoms. The number of carboxylic acids is 1. The normalized spacial score (nSPS) is 20.9. The second-order valence-corrected chi connectivity index (χ2v) is 4.57. The molecule has 1 aromatic carbocycles. The van der Waals surface area contributed by atoms with E-state index in [1.165, 1.54) is 12.1 Å². The molecule has 0 radical (unpaired) electrons. The third-order valence-electron chi connectivity index (χ3n) is 2.82. The fraction of sp³-hybridized carbons (Fsp3) is 0.417. The zero-order chi connectivity index (χ0) is 13.1. The third kappa shape index (κ3) is 3.19. The lowest BCUT2D eigenvalue weighted by atomic mass is 10.1. The summed E-state index contributed by atoms with van der Waals surface area (Å²) in [6.45, 7) is 1.48. The zero-order valence-electron chi connectivity index (χ0n) is 9.60. The molecule has 98 valence electrons. The van der Waals surface area contributed by atoms with E-state index in [0.717, 1.165) is 5.56 Å². The summed E-state index contributed by atoms with van der Waals surface area (Å²) in [5, 5.41) is 8.80. The SMILES string of the molecule is O=C(O)CN1CCO[C@@H](c2ccc(F)c(Cl)c2)C1. The molecule has 1 atom stereocenters. The van der Waals surface area contributed by atoms with Gasteiger partial charge in [0.2, 0.25) is 0 Å². The number of rotatable bonds is 3. The largest absolute Gasteiger partial charge is 0.480 e. The molecule has 1 aromatic rings. The number of benzene rings is 1. The molecule has 4 nitrogen and oxygen atoms in total. The highest BCUT2D eigenvalue weighted by atomic mass is 35.5. The lowest BCUT2D eigenvalue weighted by Crippen LogP contribution is -2.41. The second-order valence-electron chi connectivity index (χ2n) is 4.16. The standard InChI is InChI=1S/C12H13ClFNO3/c13-9-5-8(1-2-10(9)14)11-6-15(3-4-18-11)7-12(16)17/h1-2,5,11H,3-4,6-7H2,(H,16,17)/t11-/m1/s1. The molecule has 1 aliphatic rings. The summed E-state index contributed by atoms with van der Waals surface area (Å²) < 4.78 is 18.6. The predicted molar refractivity (Wildman–Crippen MR) is 64.2 cm³/mol. The Bertz CT molecular complexity index is 455. The lowest BCUT2D eigenvalue weighted by Gasteiger charge is -2.32. The smallest absolute Gasteiger partial charge is 0.317 e. The Balaban J connectivity index is 2.08. The van der Waals surface area contributed by atoms with Crippen LogP contribution in [0.5, 0.6) is 0 Å². The Kier molecular flexibility index (Phi) is 4.16. The number of nitrogens with zero attached hydrogens (tertiary/aromatic N) is 1. The van der Waals surface area contributed by atoms with Gasteiger partial charge in [-0.25, -0.2) is 4.39 Å². The fourth-order valence-electron chi connectivity index (χ4n) is 1.95. The minimum Gasteiger partial charge on any atom is -0.480 e. The molecular weight excluding hydrogens is 261 g/mol. The highest BCUT2D eigenvalue weighted by Crippen LogP contribution is 2.25. The molecule has 1 fully saturated rings. The van der Waals surface area contributed by atoms with Crippen molar-refractivity contribution in [3.05, 3.63) is 34.6 Å². The Morgan fingerprint density at radius 2 is 2.39 bits per heavy atom. The van der Waals surface area contributed by atoms with Gasteiger partial charge in [-0.3, -0.25) is 9.69 Å². The molecule has 18 heavy (non-hydrogen) atoms. The molecule has 1 saturated heterocycles. The number of carboxylic acid groups (broad SMARTS) is 1. The van der Waals surface area contributed by atoms with Crippen LogP contribution in [0.1, 0.15) is 11.7 Å². The van der Waals surface area contributed by atoms with Crippen LogP contribution in [-0.4, -0.2) is 42.2 Å². The quantitative estimate of drug-likeness (QED) is 0.914. The third-order valence-corrected chi connectivity index (χ3v) is 3.11. The fourth-order valence-corrected chi connectivity index (χ4v) is 2.14. The van der Waals surface area contributed by atoms with E-state index in [0.29, 0.717) is 19.7 Å². The lowest BCUT2D eigenvalue weighted by molar-refractivity contribution is -0.140. The Morgan fingerprint density at radius 1 is 1.61 bits per heavy atom. The Hall–Kier alpha value is -1.17. The number of aliphatic carboxylic acids is 1. The molecule has 2 rings (SSSR count). The van der Waals surface area contributed by atoms with Gasteiger partial charge in [0.1, 0.15) is 5.82 Å². The van der Waals surface area contributed by atoms with Gasteiger partial charge in [0, 0.05) is 13.1 Å². The van der Waals surface area contributed by atoms with Gasteiger partial charge in [0.05, 0.1) is 24.3 Å². The molecule has 0 saturated carbocycles. The minimum absolute atomic E-state index is 0.0191. The average molecular weight is 274 g/mol. The van der Waals surface area contributed by atoms with Gasteiger partial charge in [0.25, 0.3) is 0 Å². The van der Waals surface area contributed by atoms with Crippen molar-refractivity contribution in [1.82, 2.24) is 4.90 Å². The van der Waals surface area contributed by atoms with Crippen molar-refractivity contribution in [3.63, 3.8) is 0 Å². The van der Waals surface area contributed by atoms with Crippen molar-refractivity contribution in [2.24, 2.45) is 0 Å². The average Bonchev–Trinajstić information content (AvgIpc) is 2.32. The van der Waals surface area contributed by atoms with E-state index in [2.05, 4.69) is 0 Å². The second kappa shape index (κ2) is 5.65. The first-order valence-electron chi connectivity index (χ1n) is 5.57. The molecule has 1 heterocycles. The number of morpholine rings is 1. The number of hydrogen-bond acceptors (Lipinski definition) is 3. The summed E-state index contributed by atoms with van der Waals surface area (Å²) in [4.78, 5) is 12.4. The van der Waals surface area contributed by atoms with Crippen LogP contribution in [0, 0.1) is 5.82 Å². The number of hydrogen-bond donors (Lipinski definition) is 1. The van der Waals surface area contributed by atoms with Crippen LogP contribution in [0.2, 0.25) is 5.02 Å². The van der Waals surface area contributed by atoms with E-state index >= 15 is 0 Å². The van der Waals surface area contributed by atoms with Crippen molar-refractivity contribution in [2.45, 2.75) is 6.10 Å². The van der Waals surface area contributed by atoms with Crippen LogP contribution >= 0.6 is 11.6 Å². The maximum Gasteiger partial charge on any atom is 0.317 e. The van der Waals surface area contributed by atoms with Crippen molar-refractivity contribution in [3.8, 4) is 0 Å². The van der Waals surface area contributed by atoms with Gasteiger partial charge in [-0.05, 0) is 17.7 Å². The van der Waals surface area contributed by atoms with Crippen LogP contribution in [0.4, 0.5) is 4.39 Å². The van der Waals surface area contributed by atoms with Crippen LogP contribution in [0.25, 0.3) is 0 Å². The van der Waals surface area contributed by atoms with Crippen molar-refractivity contribution < 1.29 is 19.0 Å². The highest BCUT2D eigenvalue weighted by Gasteiger charge is 2.23. The number of halogens is 2. The van der Waals surface area contributed by atoms with Gasteiger partial charge in [0.15, 0.2) is 0 Å². The van der Waals surface area contributed by atoms with Crippen LogP contribution in [0.3, 0.4) is 0 Å². The van der Waals surface area contributed by atoms with Crippen molar-refractivity contribution >= 4 is 17.6 Å². The van der Waals surface area contributed by atoms with Crippen LogP contribution in [0.15, 0.2) is 18.2 Å². The summed E-state index contributed by atoms with van der Waals surface area (Å²) in [5.41, 5.74) is 0.761. The van der Waals surface area contributed by atoms with Crippen molar-refractivity contribution in [1.29, 1.82) is 0 Å². The maximum atomic E-state index is 13.1. The molecule has 6 heteroatoms. The maximum absolute atomic E-state index is 13.1. The molecule has 1 aliphatic heterocycles. The first kappa shape index (κ1) is 13.3. The molecule has 0 spiro atoms. The summed E-state index contributed by atoms with van der Waals surface area (Å²) >= 11 is 5.72. The van der Waals surface area contributed by atoms with E-state index in [1.807, 2.05) is 0 Å². The molecule has 0 amide bonds. The van der Waals surface area contributed by atoms with Crippen molar-refractivity contribution in [2.75, 3.05) is 26.2 Å². The van der Waals surface area contributed by atoms with E-state index in [-0.39, 0.29) is 17.7 Å². The molecule has 1 N–H and O–H groups in total. The summed E-state index contributed by atoms with van der Waals surface area (Å²) in [7, 11) is 0. The van der Waals surface area contributed by atoms with E-state index in [1.54, 1.807) is 11.0 Å². The first-order chi connectivity index (χ1) is 8.56. The van der Waals surface area contributed by atoms with E-state index in [9.17, 15) is 9.18 Å². The molecule has 0 unspecified atom stereocenters.